The molecule has 0 amide bonds. The fourth-order valence-electron chi connectivity index (χ4n) is 2.23. The van der Waals surface area contributed by atoms with Gasteiger partial charge in [0.1, 0.15) is 5.75 Å². The highest BCUT2D eigenvalue weighted by atomic mass is 79.9. The summed E-state index contributed by atoms with van der Waals surface area (Å²) in [6.07, 6.45) is 1.12. The van der Waals surface area contributed by atoms with Crippen molar-refractivity contribution < 1.29 is 4.74 Å². The fourth-order valence-corrected chi connectivity index (χ4v) is 3.77. The lowest BCUT2D eigenvalue weighted by Gasteiger charge is -2.20. The summed E-state index contributed by atoms with van der Waals surface area (Å²) in [6.45, 7) is 5.34. The van der Waals surface area contributed by atoms with Crippen molar-refractivity contribution in [2.75, 3.05) is 13.7 Å². The molecule has 0 saturated heterocycles. The van der Waals surface area contributed by atoms with Crippen molar-refractivity contribution in [2.45, 2.75) is 26.3 Å². The number of hydrogen-bond acceptors (Lipinski definition) is 3. The molecule has 0 aliphatic heterocycles. The second-order valence-corrected chi connectivity index (χ2v) is 6.64. The lowest BCUT2D eigenvalue weighted by Crippen LogP contribution is -2.23. The quantitative estimate of drug-likeness (QED) is 0.795. The number of hydrogen-bond donors (Lipinski definition) is 1. The maximum atomic E-state index is 5.30. The molecule has 1 aromatic carbocycles. The van der Waals surface area contributed by atoms with Crippen LogP contribution in [0.4, 0.5) is 0 Å². The van der Waals surface area contributed by atoms with Crippen LogP contribution >= 0.6 is 27.3 Å². The second kappa shape index (κ2) is 7.25. The summed E-state index contributed by atoms with van der Waals surface area (Å²) in [5.41, 5.74) is 2.57. The molecule has 0 fully saturated rings. The first-order valence-corrected chi connectivity index (χ1v) is 8.44. The third-order valence-corrected chi connectivity index (χ3v) is 5.02. The molecule has 1 heterocycles. The predicted octanol–water partition coefficient (Wildman–Crippen LogP) is 4.92. The molecule has 1 aromatic heterocycles. The molecule has 0 bridgehead atoms. The number of aryl methyl sites for hydroxylation is 1. The monoisotopic (exact) mass is 353 g/mol. The van der Waals surface area contributed by atoms with Crippen LogP contribution in [0, 0.1) is 6.92 Å². The molecule has 0 saturated carbocycles. The highest BCUT2D eigenvalue weighted by Gasteiger charge is 2.17. The van der Waals surface area contributed by atoms with E-state index in [1.807, 2.05) is 6.07 Å². The Labute approximate surface area is 133 Å². The summed E-state index contributed by atoms with van der Waals surface area (Å²) in [5, 5.41) is 5.78. The molecular formula is C16H20BrNOS. The summed E-state index contributed by atoms with van der Waals surface area (Å²) in [7, 11) is 1.71. The Kier molecular flexibility index (Phi) is 5.64. The van der Waals surface area contributed by atoms with Crippen molar-refractivity contribution >= 4 is 27.3 Å². The Hall–Kier alpha value is -0.840. The maximum absolute atomic E-state index is 5.30. The van der Waals surface area contributed by atoms with E-state index in [1.165, 1.54) is 16.0 Å². The van der Waals surface area contributed by atoms with Gasteiger partial charge in [0.2, 0.25) is 0 Å². The van der Waals surface area contributed by atoms with Crippen LogP contribution in [-0.4, -0.2) is 13.7 Å². The molecule has 2 aromatic rings. The first kappa shape index (κ1) is 15.5. The zero-order chi connectivity index (χ0) is 14.5. The average Bonchev–Trinajstić information content (AvgIpc) is 2.87. The smallest absolute Gasteiger partial charge is 0.119 e. The zero-order valence-corrected chi connectivity index (χ0v) is 14.5. The molecule has 0 radical (unpaired) electrons. The van der Waals surface area contributed by atoms with Crippen molar-refractivity contribution in [2.24, 2.45) is 0 Å². The lowest BCUT2D eigenvalue weighted by molar-refractivity contribution is 0.414. The van der Waals surface area contributed by atoms with E-state index in [1.54, 1.807) is 18.4 Å². The van der Waals surface area contributed by atoms with Gasteiger partial charge >= 0.3 is 0 Å². The van der Waals surface area contributed by atoms with Crippen molar-refractivity contribution in [1.29, 1.82) is 0 Å². The van der Waals surface area contributed by atoms with E-state index >= 15 is 0 Å². The van der Waals surface area contributed by atoms with Gasteiger partial charge in [-0.1, -0.05) is 13.0 Å². The van der Waals surface area contributed by atoms with E-state index in [-0.39, 0.29) is 6.04 Å². The van der Waals surface area contributed by atoms with Gasteiger partial charge in [0.05, 0.1) is 13.2 Å². The van der Waals surface area contributed by atoms with Crippen LogP contribution in [0.3, 0.4) is 0 Å². The number of nitrogens with one attached hydrogen (secondary N) is 1. The van der Waals surface area contributed by atoms with E-state index < -0.39 is 0 Å². The Morgan fingerprint density at radius 1 is 1.35 bits per heavy atom. The van der Waals surface area contributed by atoms with Gasteiger partial charge < -0.3 is 10.1 Å². The number of rotatable bonds is 6. The van der Waals surface area contributed by atoms with Gasteiger partial charge in [0, 0.05) is 14.7 Å². The summed E-state index contributed by atoms with van der Waals surface area (Å²) in [4.78, 5) is 1.33. The van der Waals surface area contributed by atoms with Crippen LogP contribution in [0.5, 0.6) is 5.75 Å². The van der Waals surface area contributed by atoms with Gasteiger partial charge in [0.25, 0.3) is 0 Å². The molecule has 1 unspecified atom stereocenters. The largest absolute Gasteiger partial charge is 0.497 e. The van der Waals surface area contributed by atoms with Crippen LogP contribution < -0.4 is 10.1 Å². The van der Waals surface area contributed by atoms with Gasteiger partial charge in [-0.05, 0) is 65.1 Å². The average molecular weight is 354 g/mol. The van der Waals surface area contributed by atoms with E-state index in [9.17, 15) is 0 Å². The highest BCUT2D eigenvalue weighted by molar-refractivity contribution is 9.10. The number of halogens is 1. The van der Waals surface area contributed by atoms with Gasteiger partial charge in [-0.2, -0.15) is 0 Å². The Balaban J connectivity index is 2.35. The van der Waals surface area contributed by atoms with E-state index in [4.69, 9.17) is 4.74 Å². The molecule has 0 aliphatic rings. The van der Waals surface area contributed by atoms with Crippen molar-refractivity contribution in [3.63, 3.8) is 0 Å². The van der Waals surface area contributed by atoms with Gasteiger partial charge in [-0.25, -0.2) is 0 Å². The number of thiophene rings is 1. The minimum Gasteiger partial charge on any atom is -0.497 e. The third-order valence-electron chi connectivity index (χ3n) is 3.26. The molecule has 1 N–H and O–H groups in total. The molecule has 2 nitrogen and oxygen atoms in total. The molecule has 1 atom stereocenters. The topological polar surface area (TPSA) is 21.3 Å². The Morgan fingerprint density at radius 2 is 2.15 bits per heavy atom. The summed E-state index contributed by atoms with van der Waals surface area (Å²) in [5.74, 6) is 0.910. The predicted molar refractivity (Wildman–Crippen MR) is 89.9 cm³/mol. The summed E-state index contributed by atoms with van der Waals surface area (Å²) < 4.78 is 6.44. The van der Waals surface area contributed by atoms with Crippen molar-refractivity contribution in [3.05, 3.63) is 50.1 Å². The third kappa shape index (κ3) is 3.62. The minimum absolute atomic E-state index is 0.247. The highest BCUT2D eigenvalue weighted by Crippen LogP contribution is 2.32. The molecule has 4 heteroatoms. The van der Waals surface area contributed by atoms with Crippen LogP contribution in [0.2, 0.25) is 0 Å². The molecule has 20 heavy (non-hydrogen) atoms. The van der Waals surface area contributed by atoms with Crippen LogP contribution in [0.25, 0.3) is 0 Å². The van der Waals surface area contributed by atoms with Gasteiger partial charge in [0.15, 0.2) is 0 Å². The van der Waals surface area contributed by atoms with Gasteiger partial charge in [-0.15, -0.1) is 11.3 Å². The minimum atomic E-state index is 0.247. The maximum Gasteiger partial charge on any atom is 0.119 e. The lowest BCUT2D eigenvalue weighted by atomic mass is 9.99. The molecule has 0 aliphatic carbocycles. The van der Waals surface area contributed by atoms with Crippen LogP contribution in [0.15, 0.2) is 34.1 Å². The van der Waals surface area contributed by atoms with Crippen LogP contribution in [-0.2, 0) is 0 Å². The normalized spacial score (nSPS) is 12.4. The molecule has 2 rings (SSSR count). The zero-order valence-electron chi connectivity index (χ0n) is 12.1. The van der Waals surface area contributed by atoms with E-state index in [2.05, 4.69) is 58.7 Å². The number of benzene rings is 1. The van der Waals surface area contributed by atoms with E-state index in [0.717, 1.165) is 23.2 Å². The molecule has 108 valence electrons. The van der Waals surface area contributed by atoms with Crippen molar-refractivity contribution in [1.82, 2.24) is 5.32 Å². The summed E-state index contributed by atoms with van der Waals surface area (Å²) in [6, 6.07) is 8.73. The standard InChI is InChI=1S/C16H20BrNOS/c1-4-7-18-16(15-9-12(17)10-20-15)14-6-5-13(19-3)8-11(14)2/h5-6,8-10,16,18H,4,7H2,1-3H3. The fraction of sp³-hybridized carbons (Fsp3) is 0.375. The first-order valence-electron chi connectivity index (χ1n) is 6.77. The SMILES string of the molecule is CCCNC(c1cc(Br)cs1)c1ccc(OC)cc1C. The number of ether oxygens (including phenoxy) is 1. The van der Waals surface area contributed by atoms with Gasteiger partial charge in [-0.3, -0.25) is 0 Å². The summed E-state index contributed by atoms with van der Waals surface area (Å²) >= 11 is 5.33. The van der Waals surface area contributed by atoms with E-state index in [0.29, 0.717) is 0 Å². The Morgan fingerprint density at radius 3 is 2.70 bits per heavy atom. The number of methoxy groups -OCH3 is 1. The Bertz CT molecular complexity index is 567. The molecule has 0 spiro atoms. The second-order valence-electron chi connectivity index (χ2n) is 4.78. The van der Waals surface area contributed by atoms with Crippen molar-refractivity contribution in [3.8, 4) is 5.75 Å². The molecular weight excluding hydrogens is 334 g/mol. The van der Waals surface area contributed by atoms with Crippen LogP contribution in [0.1, 0.15) is 35.4 Å². The first-order chi connectivity index (χ1) is 9.65.